The summed E-state index contributed by atoms with van der Waals surface area (Å²) in [5.74, 6) is 0. The van der Waals surface area contributed by atoms with E-state index in [1.54, 1.807) is 0 Å². The molecule has 1 saturated carbocycles. The molecule has 1 aromatic rings. The van der Waals surface area contributed by atoms with E-state index in [4.69, 9.17) is 10.5 Å². The Morgan fingerprint density at radius 2 is 1.83 bits per heavy atom. The van der Waals surface area contributed by atoms with Crippen LogP contribution in [0.3, 0.4) is 0 Å². The van der Waals surface area contributed by atoms with Gasteiger partial charge in [-0.3, -0.25) is 0 Å². The van der Waals surface area contributed by atoms with Crippen LogP contribution in [0.1, 0.15) is 30.4 Å². The highest BCUT2D eigenvalue weighted by molar-refractivity contribution is 5.24. The maximum Gasteiger partial charge on any atom is 0.416 e. The van der Waals surface area contributed by atoms with Gasteiger partial charge in [-0.2, -0.15) is 13.2 Å². The molecule has 1 aliphatic carbocycles. The molecule has 0 saturated heterocycles. The molecule has 2 rings (SSSR count). The molecule has 100 valence electrons. The van der Waals surface area contributed by atoms with E-state index in [9.17, 15) is 13.2 Å². The van der Waals surface area contributed by atoms with Gasteiger partial charge in [0.1, 0.15) is 0 Å². The van der Waals surface area contributed by atoms with Crippen molar-refractivity contribution in [3.63, 3.8) is 0 Å². The molecular formula is C13H16F3NO. The Morgan fingerprint density at radius 3 is 2.33 bits per heavy atom. The van der Waals surface area contributed by atoms with Crippen molar-refractivity contribution in [2.45, 2.75) is 44.2 Å². The topological polar surface area (TPSA) is 35.2 Å². The van der Waals surface area contributed by atoms with Crippen molar-refractivity contribution in [1.82, 2.24) is 0 Å². The van der Waals surface area contributed by atoms with Crippen LogP contribution < -0.4 is 5.73 Å². The van der Waals surface area contributed by atoms with Gasteiger partial charge in [-0.05, 0) is 37.0 Å². The zero-order valence-electron chi connectivity index (χ0n) is 9.91. The second-order valence-corrected chi connectivity index (χ2v) is 4.64. The Hall–Kier alpha value is -1.07. The largest absolute Gasteiger partial charge is 0.416 e. The molecule has 1 aliphatic rings. The monoisotopic (exact) mass is 259 g/mol. The van der Waals surface area contributed by atoms with Gasteiger partial charge in [0, 0.05) is 6.04 Å². The van der Waals surface area contributed by atoms with Gasteiger partial charge >= 0.3 is 6.18 Å². The van der Waals surface area contributed by atoms with Gasteiger partial charge in [0.25, 0.3) is 0 Å². The molecule has 18 heavy (non-hydrogen) atoms. The van der Waals surface area contributed by atoms with E-state index < -0.39 is 11.7 Å². The SMILES string of the molecule is N[C@H]1CCC[C@@H]1OCc1ccc(C(F)(F)F)cc1. The first-order valence-corrected chi connectivity index (χ1v) is 6.00. The van der Waals surface area contributed by atoms with Crippen LogP contribution in [0.25, 0.3) is 0 Å². The average molecular weight is 259 g/mol. The number of halogens is 3. The van der Waals surface area contributed by atoms with E-state index >= 15 is 0 Å². The van der Waals surface area contributed by atoms with E-state index in [-0.39, 0.29) is 12.1 Å². The van der Waals surface area contributed by atoms with Crippen LogP contribution >= 0.6 is 0 Å². The zero-order chi connectivity index (χ0) is 13.2. The fourth-order valence-corrected chi connectivity index (χ4v) is 2.15. The Morgan fingerprint density at radius 1 is 1.17 bits per heavy atom. The van der Waals surface area contributed by atoms with Crippen molar-refractivity contribution in [2.24, 2.45) is 5.73 Å². The van der Waals surface area contributed by atoms with Gasteiger partial charge < -0.3 is 10.5 Å². The summed E-state index contributed by atoms with van der Waals surface area (Å²) in [5.41, 5.74) is 5.95. The fraction of sp³-hybridized carbons (Fsp3) is 0.538. The molecule has 0 aromatic heterocycles. The van der Waals surface area contributed by atoms with Gasteiger partial charge in [0.05, 0.1) is 18.3 Å². The lowest BCUT2D eigenvalue weighted by molar-refractivity contribution is -0.137. The third-order valence-electron chi connectivity index (χ3n) is 3.25. The lowest BCUT2D eigenvalue weighted by Crippen LogP contribution is -2.31. The zero-order valence-corrected chi connectivity index (χ0v) is 9.91. The molecule has 5 heteroatoms. The third kappa shape index (κ3) is 3.23. The van der Waals surface area contributed by atoms with Crippen LogP contribution in [0.15, 0.2) is 24.3 Å². The molecule has 0 unspecified atom stereocenters. The van der Waals surface area contributed by atoms with Crippen molar-refractivity contribution in [3.05, 3.63) is 35.4 Å². The normalized spacial score (nSPS) is 24.4. The molecule has 0 spiro atoms. The molecule has 1 fully saturated rings. The number of ether oxygens (including phenoxy) is 1. The van der Waals surface area contributed by atoms with Crippen molar-refractivity contribution < 1.29 is 17.9 Å². The summed E-state index contributed by atoms with van der Waals surface area (Å²) >= 11 is 0. The summed E-state index contributed by atoms with van der Waals surface area (Å²) in [7, 11) is 0. The minimum absolute atomic E-state index is 0.0345. The molecule has 2 N–H and O–H groups in total. The lowest BCUT2D eigenvalue weighted by Gasteiger charge is -2.16. The predicted molar refractivity (Wildman–Crippen MR) is 61.8 cm³/mol. The molecule has 0 heterocycles. The van der Waals surface area contributed by atoms with Gasteiger partial charge in [-0.25, -0.2) is 0 Å². The molecule has 0 aliphatic heterocycles. The number of benzene rings is 1. The number of hydrogen-bond acceptors (Lipinski definition) is 2. The Labute approximate surface area is 104 Å². The Bertz CT molecular complexity index is 388. The standard InChI is InChI=1S/C13H16F3NO/c14-13(15,16)10-6-4-9(5-7-10)8-18-12-3-1-2-11(12)17/h4-7,11-12H,1-3,8,17H2/t11-,12-/m0/s1. The third-order valence-corrected chi connectivity index (χ3v) is 3.25. The molecule has 2 atom stereocenters. The summed E-state index contributed by atoms with van der Waals surface area (Å²) in [6, 6.07) is 5.10. The van der Waals surface area contributed by atoms with Crippen LogP contribution in [0.4, 0.5) is 13.2 Å². The summed E-state index contributed by atoms with van der Waals surface area (Å²) in [5, 5.41) is 0. The van der Waals surface area contributed by atoms with Crippen LogP contribution in [0.5, 0.6) is 0 Å². The summed E-state index contributed by atoms with van der Waals surface area (Å²) in [4.78, 5) is 0. The highest BCUT2D eigenvalue weighted by atomic mass is 19.4. The van der Waals surface area contributed by atoms with Gasteiger partial charge in [0.2, 0.25) is 0 Å². The Kier molecular flexibility index (Phi) is 3.92. The first-order chi connectivity index (χ1) is 8.47. The van der Waals surface area contributed by atoms with Gasteiger partial charge in [-0.15, -0.1) is 0 Å². The lowest BCUT2D eigenvalue weighted by atomic mass is 10.1. The molecular weight excluding hydrogens is 243 g/mol. The Balaban J connectivity index is 1.90. The first-order valence-electron chi connectivity index (χ1n) is 6.00. The van der Waals surface area contributed by atoms with Gasteiger partial charge in [0.15, 0.2) is 0 Å². The highest BCUT2D eigenvalue weighted by Crippen LogP contribution is 2.29. The highest BCUT2D eigenvalue weighted by Gasteiger charge is 2.30. The minimum atomic E-state index is -4.28. The van der Waals surface area contributed by atoms with E-state index in [0.717, 1.165) is 37.0 Å². The summed E-state index contributed by atoms with van der Waals surface area (Å²) < 4.78 is 42.7. The molecule has 1 aromatic carbocycles. The van der Waals surface area contributed by atoms with Crippen molar-refractivity contribution in [3.8, 4) is 0 Å². The second-order valence-electron chi connectivity index (χ2n) is 4.64. The van der Waals surface area contributed by atoms with Crippen molar-refractivity contribution in [1.29, 1.82) is 0 Å². The molecule has 0 amide bonds. The predicted octanol–water partition coefficient (Wildman–Crippen LogP) is 3.10. The number of alkyl halides is 3. The van der Waals surface area contributed by atoms with Crippen molar-refractivity contribution >= 4 is 0 Å². The maximum absolute atomic E-state index is 12.4. The number of rotatable bonds is 3. The molecule has 0 radical (unpaired) electrons. The quantitative estimate of drug-likeness (QED) is 0.905. The van der Waals surface area contributed by atoms with Crippen molar-refractivity contribution in [2.75, 3.05) is 0 Å². The summed E-state index contributed by atoms with van der Waals surface area (Å²) in [6.45, 7) is 0.316. The van der Waals surface area contributed by atoms with E-state index in [1.807, 2.05) is 0 Å². The van der Waals surface area contributed by atoms with Crippen LogP contribution in [-0.2, 0) is 17.5 Å². The molecule has 2 nitrogen and oxygen atoms in total. The molecule has 0 bridgehead atoms. The minimum Gasteiger partial charge on any atom is -0.372 e. The van der Waals surface area contributed by atoms with E-state index in [2.05, 4.69) is 0 Å². The maximum atomic E-state index is 12.4. The van der Waals surface area contributed by atoms with Gasteiger partial charge in [-0.1, -0.05) is 12.1 Å². The summed E-state index contributed by atoms with van der Waals surface area (Å²) in [6.07, 6.45) is -1.31. The van der Waals surface area contributed by atoms with Crippen LogP contribution in [-0.4, -0.2) is 12.1 Å². The average Bonchev–Trinajstić information content (AvgIpc) is 2.72. The smallest absolute Gasteiger partial charge is 0.372 e. The van der Waals surface area contributed by atoms with E-state index in [0.29, 0.717) is 6.61 Å². The van der Waals surface area contributed by atoms with Crippen LogP contribution in [0.2, 0.25) is 0 Å². The van der Waals surface area contributed by atoms with Crippen LogP contribution in [0, 0.1) is 0 Å². The first kappa shape index (κ1) is 13.4. The number of hydrogen-bond donors (Lipinski definition) is 1. The van der Waals surface area contributed by atoms with E-state index in [1.165, 1.54) is 12.1 Å². The number of nitrogens with two attached hydrogens (primary N) is 1. The second kappa shape index (κ2) is 5.28. The fourth-order valence-electron chi connectivity index (χ4n) is 2.15.